The van der Waals surface area contributed by atoms with Crippen LogP contribution < -0.4 is 49.1 Å². The number of thiophene rings is 5. The number of hydrogen-bond acceptors (Lipinski definition) is 31. The number of piperazine rings is 2. The Balaban J connectivity index is 0.000000118. The fraction of sp³-hybridized carbons (Fsp3) is 0.330. The molecular formula is C91H99N25O6S6. The number of carbonyl (C=O) groups is 5. The number of carbonyl (C=O) groups excluding carboxylic acids is 5. The van der Waals surface area contributed by atoms with Gasteiger partial charge < -0.3 is 63.8 Å². The molecule has 20 rings (SSSR count). The van der Waals surface area contributed by atoms with Crippen LogP contribution in [0, 0.1) is 62.3 Å². The number of aromatic nitrogens is 13. The first-order valence-corrected chi connectivity index (χ1v) is 48.4. The maximum absolute atomic E-state index is 13.2. The van der Waals surface area contributed by atoms with Crippen molar-refractivity contribution in [2.75, 3.05) is 121 Å². The van der Waals surface area contributed by atoms with E-state index in [4.69, 9.17) is 28.7 Å². The van der Waals surface area contributed by atoms with Crippen molar-refractivity contribution < 1.29 is 28.2 Å². The van der Waals surface area contributed by atoms with Crippen molar-refractivity contribution in [3.05, 3.63) is 201 Å². The van der Waals surface area contributed by atoms with Crippen LogP contribution in [0.4, 0.5) is 45.8 Å². The normalized spacial score (nSPS) is 16.8. The number of amides is 5. The van der Waals surface area contributed by atoms with Crippen LogP contribution in [0.25, 0.3) is 62.0 Å². The molecule has 0 spiro atoms. The van der Waals surface area contributed by atoms with E-state index in [0.717, 1.165) is 208 Å². The predicted octanol–water partition coefficient (Wildman–Crippen LogP) is 13.8. The van der Waals surface area contributed by atoms with Crippen molar-refractivity contribution in [3.8, 4) is 0 Å². The average molecular weight is 1830 g/mol. The topological polar surface area (TPSA) is 440 Å². The third-order valence-corrected chi connectivity index (χ3v) is 31.7. The lowest BCUT2D eigenvalue weighted by Gasteiger charge is -2.35. The van der Waals surface area contributed by atoms with Gasteiger partial charge >= 0.3 is 0 Å². The molecule has 1 aliphatic carbocycles. The minimum Gasteiger partial charge on any atom is -0.397 e. The third kappa shape index (κ3) is 18.5. The summed E-state index contributed by atoms with van der Waals surface area (Å²) in [6.07, 6.45) is 12.2. The van der Waals surface area contributed by atoms with Gasteiger partial charge in [0, 0.05) is 134 Å². The molecule has 0 radical (unpaired) electrons. The number of rotatable bonds is 10. The molecular weight excluding hydrogens is 1730 g/mol. The van der Waals surface area contributed by atoms with Crippen molar-refractivity contribution in [1.82, 2.24) is 86.0 Å². The zero-order valence-corrected chi connectivity index (χ0v) is 77.4. The number of fused-ring (bicyclic) bond motifs is 8. The van der Waals surface area contributed by atoms with Gasteiger partial charge in [0.2, 0.25) is 0 Å². The SMILES string of the molecule is C=S1(=O)CCC(NC(=O)c2sc3nnc4c(c3c2N)CCCC4)C1.Cc1ccc(N2CCN(C(=O)c3sc4nnc(C)c(C)c4c3N)CC2)nc1.Cc1nnc2sc(C(=O)N3CCCC(c4ccccc4)C3)c(N)c2c1C.Cc1nnc2sc(C(=O)N3CCN(c4ccccn4)CC3)c(N)c2c1C.Cc1nnc2sc(C(=O)Nc3cnc4ccccc4c3)c(N)c2c1C. The number of benzene rings is 2. The Labute approximate surface area is 759 Å². The van der Waals surface area contributed by atoms with E-state index in [1.54, 1.807) is 12.4 Å². The number of piperidine rings is 1. The molecule has 3 atom stereocenters. The second-order valence-corrected chi connectivity index (χ2v) is 40.4. The van der Waals surface area contributed by atoms with Crippen LogP contribution >= 0.6 is 56.7 Å². The van der Waals surface area contributed by atoms with Gasteiger partial charge in [-0.2, -0.15) is 25.5 Å². The second kappa shape index (κ2) is 37.7. The van der Waals surface area contributed by atoms with Crippen molar-refractivity contribution >= 4 is 209 Å². The maximum atomic E-state index is 13.2. The van der Waals surface area contributed by atoms with Gasteiger partial charge in [-0.15, -0.1) is 82.2 Å². The van der Waals surface area contributed by atoms with E-state index in [1.807, 2.05) is 144 Å². The fourth-order valence-corrected chi connectivity index (χ4v) is 23.6. The first-order valence-electron chi connectivity index (χ1n) is 42.3. The fourth-order valence-electron chi connectivity index (χ4n) is 16.6. The van der Waals surface area contributed by atoms with Crippen molar-refractivity contribution in [2.24, 2.45) is 0 Å². The Bertz CT molecular complexity index is 6910. The Kier molecular flexibility index (Phi) is 26.1. The number of nitrogen functional groups attached to an aromatic ring is 5. The van der Waals surface area contributed by atoms with Crippen molar-refractivity contribution in [2.45, 2.75) is 119 Å². The van der Waals surface area contributed by atoms with Gasteiger partial charge in [-0.05, 0) is 192 Å². The molecule has 4 saturated heterocycles. The lowest BCUT2D eigenvalue weighted by molar-refractivity contribution is 0.0710. The van der Waals surface area contributed by atoms with Crippen LogP contribution in [-0.4, -0.2) is 203 Å². The molecule has 37 heteroatoms. The molecule has 3 unspecified atom stereocenters. The number of nitrogens with two attached hydrogens (primary N) is 5. The van der Waals surface area contributed by atoms with Crippen LogP contribution in [0.5, 0.6) is 0 Å². The summed E-state index contributed by atoms with van der Waals surface area (Å²) in [5.41, 5.74) is 47.4. The molecule has 17 heterocycles. The first-order chi connectivity index (χ1) is 61.6. The summed E-state index contributed by atoms with van der Waals surface area (Å²) in [5.74, 6) is 6.52. The lowest BCUT2D eigenvalue weighted by Crippen LogP contribution is -2.49. The summed E-state index contributed by atoms with van der Waals surface area (Å²) in [5, 5.41) is 53.0. The van der Waals surface area contributed by atoms with Gasteiger partial charge in [0.15, 0.2) is 0 Å². The van der Waals surface area contributed by atoms with E-state index in [1.165, 1.54) is 62.2 Å². The Hall–Kier alpha value is -12.7. The number of hydrogen-bond donors (Lipinski definition) is 7. The molecule has 5 amide bonds. The number of nitrogens with zero attached hydrogens (tertiary/aromatic N) is 18. The average Bonchev–Trinajstić information content (AvgIpc) is 1.61. The highest BCUT2D eigenvalue weighted by Gasteiger charge is 2.34. The quantitative estimate of drug-likeness (QED) is 0.0625. The van der Waals surface area contributed by atoms with E-state index in [2.05, 4.69) is 123 Å². The molecule has 13 aromatic heterocycles. The monoisotopic (exact) mass is 1830 g/mol. The molecule has 2 aromatic carbocycles. The molecule has 5 aliphatic rings. The number of aryl methyl sites for hydroxylation is 11. The van der Waals surface area contributed by atoms with Crippen LogP contribution in [0.3, 0.4) is 0 Å². The van der Waals surface area contributed by atoms with Gasteiger partial charge in [0.1, 0.15) is 60.2 Å². The highest BCUT2D eigenvalue weighted by atomic mass is 32.2. The number of likely N-dealkylation sites (tertiary alicyclic amines) is 1. The van der Waals surface area contributed by atoms with Crippen molar-refractivity contribution in [3.63, 3.8) is 0 Å². The van der Waals surface area contributed by atoms with E-state index in [9.17, 15) is 28.2 Å². The highest BCUT2D eigenvalue weighted by molar-refractivity contribution is 8.00. The molecule has 660 valence electrons. The molecule has 0 saturated carbocycles. The van der Waals surface area contributed by atoms with Gasteiger partial charge in [-0.3, -0.25) is 33.2 Å². The maximum Gasteiger partial charge on any atom is 0.267 e. The lowest BCUT2D eigenvalue weighted by atomic mass is 9.90. The zero-order valence-electron chi connectivity index (χ0n) is 72.5. The molecule has 12 N–H and O–H groups in total. The summed E-state index contributed by atoms with van der Waals surface area (Å²) in [4.78, 5) is 94.0. The van der Waals surface area contributed by atoms with E-state index < -0.39 is 9.52 Å². The highest BCUT2D eigenvalue weighted by Crippen LogP contribution is 2.43. The van der Waals surface area contributed by atoms with Crippen LogP contribution in [0.2, 0.25) is 0 Å². The largest absolute Gasteiger partial charge is 0.397 e. The summed E-state index contributed by atoms with van der Waals surface area (Å²) < 4.78 is 12.0. The second-order valence-electron chi connectivity index (χ2n) is 32.7. The van der Waals surface area contributed by atoms with Gasteiger partial charge in [-0.1, -0.05) is 60.7 Å². The molecule has 0 bridgehead atoms. The van der Waals surface area contributed by atoms with E-state index in [0.29, 0.717) is 113 Å². The number of nitrogens with one attached hydrogen (secondary N) is 2. The summed E-state index contributed by atoms with van der Waals surface area (Å²) >= 11 is 6.55. The smallest absolute Gasteiger partial charge is 0.267 e. The summed E-state index contributed by atoms with van der Waals surface area (Å²) in [6.45, 7) is 24.6. The predicted molar refractivity (Wildman–Crippen MR) is 518 cm³/mol. The Morgan fingerprint density at radius 3 is 1.41 bits per heavy atom. The van der Waals surface area contributed by atoms with Crippen molar-refractivity contribution in [1.29, 1.82) is 0 Å². The molecule has 4 aliphatic heterocycles. The molecule has 31 nitrogen and oxygen atoms in total. The van der Waals surface area contributed by atoms with Crippen LogP contribution in [0.15, 0.2) is 110 Å². The molecule has 4 fully saturated rings. The summed E-state index contributed by atoms with van der Waals surface area (Å²) in [6, 6.07) is 29.9. The van der Waals surface area contributed by atoms with Gasteiger partial charge in [0.05, 0.1) is 74.3 Å². The third-order valence-electron chi connectivity index (χ3n) is 24.3. The van der Waals surface area contributed by atoms with E-state index in [-0.39, 0.29) is 35.6 Å². The van der Waals surface area contributed by atoms with Gasteiger partial charge in [0.25, 0.3) is 29.5 Å². The van der Waals surface area contributed by atoms with Gasteiger partial charge in [-0.25, -0.2) is 9.97 Å². The minimum absolute atomic E-state index is 0.0168. The number of anilines is 8. The minimum atomic E-state index is -2.04. The molecule has 15 aromatic rings. The number of para-hydroxylation sites is 1. The molecule has 128 heavy (non-hydrogen) atoms. The summed E-state index contributed by atoms with van der Waals surface area (Å²) in [7, 11) is -2.04. The van der Waals surface area contributed by atoms with E-state index >= 15 is 0 Å². The Morgan fingerprint density at radius 1 is 0.445 bits per heavy atom. The Morgan fingerprint density at radius 2 is 0.906 bits per heavy atom. The van der Waals surface area contributed by atoms with Crippen LogP contribution in [0.1, 0.15) is 154 Å². The first kappa shape index (κ1) is 88.7. The number of pyridine rings is 3. The standard InChI is InChI=1S/C20H22N4OS.C19H22N6OS.C18H20N6OS.C18H15N5OS.C16H20N4O2S2/c1-12-13(2)22-23-19-16(12)17(21)18(26-19)20(25)24-10-6-9-15(11-24)14-7-4-3-5-8-14;1-11-4-5-14(21-10-11)24-6-8-25(9-7-24)19(26)17-16(20)15-12(2)13(3)22-23-18(15)27-17;1-11-12(2)21-22-17-14(11)15(19)16(26-17)18(25)24-9-7-23(8-10-24)13-5-3-4-6-20-13;1-9-10(2)22-23-18-14(9)15(19)16(25-18)17(24)21-12-7-11-5-3-4-6-13(11)20-8-12;1-24(22)7-6-9(8-24)18-15(21)14-13(17)12-10-4-2-3-5-11(10)19-20-16(12)23-14/h3-5,7-8,15H,6,9-11,21H2,1-2H3;4-5,10H,6-9,20H2,1-3H3;3-6H,7-10,19H2,1-2H3;3-8H,19H2,1-2H3,(H,21,24);9H,1-8,17H2,(H,18,21). The zero-order chi connectivity index (χ0) is 90.1. The van der Waals surface area contributed by atoms with Crippen LogP contribution in [-0.2, 0) is 22.4 Å².